The molecule has 0 amide bonds. The zero-order valence-electron chi connectivity index (χ0n) is 12.8. The topological polar surface area (TPSA) is 47.3 Å². The minimum Gasteiger partial charge on any atom is -0.422 e. The van der Waals surface area contributed by atoms with Crippen LogP contribution in [-0.4, -0.2) is 5.78 Å². The Morgan fingerprint density at radius 3 is 2.57 bits per heavy atom. The van der Waals surface area contributed by atoms with Crippen molar-refractivity contribution < 1.29 is 9.21 Å². The predicted molar refractivity (Wildman–Crippen MR) is 85.0 cm³/mol. The van der Waals surface area contributed by atoms with E-state index in [9.17, 15) is 9.59 Å². The van der Waals surface area contributed by atoms with Gasteiger partial charge >= 0.3 is 5.63 Å². The Morgan fingerprint density at radius 1 is 1.10 bits per heavy atom. The number of carbonyl (C=O) groups excluding carboxylic acids is 1. The van der Waals surface area contributed by atoms with Gasteiger partial charge in [-0.25, -0.2) is 4.79 Å². The Balaban J connectivity index is 2.15. The van der Waals surface area contributed by atoms with E-state index in [4.69, 9.17) is 4.42 Å². The van der Waals surface area contributed by atoms with Crippen LogP contribution in [0, 0.1) is 0 Å². The van der Waals surface area contributed by atoms with Crippen molar-refractivity contribution in [2.24, 2.45) is 0 Å². The number of Topliss-reactive ketones (excluding diaryl/α,β-unsaturated/α-hetero) is 1. The largest absolute Gasteiger partial charge is 0.422 e. The van der Waals surface area contributed by atoms with Crippen LogP contribution in [0.2, 0.25) is 0 Å². The number of rotatable bonds is 7. The van der Waals surface area contributed by atoms with Crippen LogP contribution in [0.3, 0.4) is 0 Å². The van der Waals surface area contributed by atoms with Crippen molar-refractivity contribution in [1.82, 2.24) is 0 Å². The van der Waals surface area contributed by atoms with E-state index < -0.39 is 5.63 Å². The Kier molecular flexibility index (Phi) is 5.32. The lowest BCUT2D eigenvalue weighted by atomic mass is 10.0. The maximum Gasteiger partial charge on any atom is 0.347 e. The molecule has 112 valence electrons. The summed E-state index contributed by atoms with van der Waals surface area (Å²) in [4.78, 5) is 23.1. The van der Waals surface area contributed by atoms with E-state index in [0.29, 0.717) is 5.58 Å². The first-order valence-electron chi connectivity index (χ1n) is 7.69. The number of hydrogen-bond donors (Lipinski definition) is 0. The van der Waals surface area contributed by atoms with E-state index in [1.165, 1.54) is 44.6 Å². The van der Waals surface area contributed by atoms with Crippen molar-refractivity contribution >= 4 is 16.8 Å². The second-order valence-corrected chi connectivity index (χ2v) is 5.54. The van der Waals surface area contributed by atoms with E-state index in [-0.39, 0.29) is 11.3 Å². The van der Waals surface area contributed by atoms with Crippen molar-refractivity contribution in [1.29, 1.82) is 0 Å². The molecule has 0 radical (unpaired) electrons. The van der Waals surface area contributed by atoms with Gasteiger partial charge in [-0.1, -0.05) is 38.7 Å². The molecule has 0 saturated carbocycles. The molecule has 1 aromatic carbocycles. The normalized spacial score (nSPS) is 11.0. The molecule has 0 bridgehead atoms. The molecule has 0 saturated heterocycles. The molecule has 1 aromatic heterocycles. The smallest absolute Gasteiger partial charge is 0.347 e. The average Bonchev–Trinajstić information content (AvgIpc) is 2.46. The highest BCUT2D eigenvalue weighted by Crippen LogP contribution is 2.18. The van der Waals surface area contributed by atoms with Gasteiger partial charge in [0.15, 0.2) is 5.78 Å². The second-order valence-electron chi connectivity index (χ2n) is 5.54. The molecule has 0 aliphatic rings. The minimum absolute atomic E-state index is 0.127. The second kappa shape index (κ2) is 7.21. The molecular weight excluding hydrogens is 264 g/mol. The summed E-state index contributed by atoms with van der Waals surface area (Å²) in [6, 6.07) is 7.48. The van der Waals surface area contributed by atoms with Crippen LogP contribution in [0.15, 0.2) is 33.5 Å². The molecular formula is C18H22O3. The molecule has 2 rings (SSSR count). The van der Waals surface area contributed by atoms with Crippen molar-refractivity contribution in [3.63, 3.8) is 0 Å². The van der Waals surface area contributed by atoms with Crippen molar-refractivity contribution in [3.8, 4) is 0 Å². The van der Waals surface area contributed by atoms with E-state index in [2.05, 4.69) is 6.92 Å². The van der Waals surface area contributed by atoms with Gasteiger partial charge in [-0.3, -0.25) is 4.79 Å². The van der Waals surface area contributed by atoms with Gasteiger partial charge in [0.25, 0.3) is 0 Å². The number of benzene rings is 1. The Morgan fingerprint density at radius 2 is 1.86 bits per heavy atom. The molecule has 0 spiro atoms. The average molecular weight is 286 g/mol. The molecule has 0 N–H and O–H groups in total. The molecule has 0 unspecified atom stereocenters. The first-order valence-corrected chi connectivity index (χ1v) is 7.69. The van der Waals surface area contributed by atoms with E-state index in [0.717, 1.165) is 11.8 Å². The van der Waals surface area contributed by atoms with Crippen molar-refractivity contribution in [2.75, 3.05) is 0 Å². The van der Waals surface area contributed by atoms with Crippen LogP contribution in [0.5, 0.6) is 0 Å². The predicted octanol–water partition coefficient (Wildman–Crippen LogP) is 4.51. The molecule has 0 aliphatic carbocycles. The highest BCUT2D eigenvalue weighted by atomic mass is 16.4. The molecule has 0 aliphatic heterocycles. The van der Waals surface area contributed by atoms with Crippen molar-refractivity contribution in [3.05, 3.63) is 45.8 Å². The molecule has 21 heavy (non-hydrogen) atoms. The minimum atomic E-state index is -0.553. The lowest BCUT2D eigenvalue weighted by Crippen LogP contribution is -2.10. The third kappa shape index (κ3) is 4.03. The Labute approximate surface area is 125 Å². The summed E-state index contributed by atoms with van der Waals surface area (Å²) in [7, 11) is 0. The van der Waals surface area contributed by atoms with Gasteiger partial charge in [-0.05, 0) is 43.5 Å². The zero-order chi connectivity index (χ0) is 15.2. The first kappa shape index (κ1) is 15.5. The van der Waals surface area contributed by atoms with Gasteiger partial charge in [0.1, 0.15) is 11.1 Å². The highest BCUT2D eigenvalue weighted by Gasteiger charge is 2.09. The third-order valence-electron chi connectivity index (χ3n) is 3.74. The van der Waals surface area contributed by atoms with E-state index in [1.54, 1.807) is 6.07 Å². The number of fused-ring (bicyclic) bond motifs is 1. The fourth-order valence-electron chi connectivity index (χ4n) is 2.51. The SMILES string of the molecule is CCCCCCCc1ccc2oc(=O)c(C(C)=O)cc2c1. The monoisotopic (exact) mass is 286 g/mol. The van der Waals surface area contributed by atoms with Crippen LogP contribution in [0.25, 0.3) is 11.0 Å². The number of ketones is 1. The molecule has 2 aromatic rings. The van der Waals surface area contributed by atoms with Crippen LogP contribution >= 0.6 is 0 Å². The van der Waals surface area contributed by atoms with E-state index in [1.807, 2.05) is 18.2 Å². The van der Waals surface area contributed by atoms with Gasteiger partial charge in [0, 0.05) is 5.39 Å². The Bertz CT molecular complexity index is 682. The molecule has 3 heteroatoms. The highest BCUT2D eigenvalue weighted by molar-refractivity contribution is 5.96. The molecule has 0 atom stereocenters. The molecule has 0 fully saturated rings. The van der Waals surface area contributed by atoms with Crippen LogP contribution in [0.4, 0.5) is 0 Å². The van der Waals surface area contributed by atoms with Crippen LogP contribution in [-0.2, 0) is 6.42 Å². The summed E-state index contributed by atoms with van der Waals surface area (Å²) in [6.45, 7) is 3.60. The van der Waals surface area contributed by atoms with Gasteiger partial charge in [0.05, 0.1) is 0 Å². The van der Waals surface area contributed by atoms with Gasteiger partial charge in [-0.15, -0.1) is 0 Å². The van der Waals surface area contributed by atoms with Gasteiger partial charge in [-0.2, -0.15) is 0 Å². The van der Waals surface area contributed by atoms with Crippen LogP contribution in [0.1, 0.15) is 61.9 Å². The Hall–Kier alpha value is -1.90. The lowest BCUT2D eigenvalue weighted by molar-refractivity contribution is 0.101. The van der Waals surface area contributed by atoms with Gasteiger partial charge < -0.3 is 4.42 Å². The van der Waals surface area contributed by atoms with E-state index >= 15 is 0 Å². The summed E-state index contributed by atoms with van der Waals surface area (Å²) >= 11 is 0. The standard InChI is InChI=1S/C18H22O3/c1-3-4-5-6-7-8-14-9-10-17-15(11-14)12-16(13(2)19)18(20)21-17/h9-12H,3-8H2,1-2H3. The lowest BCUT2D eigenvalue weighted by Gasteiger charge is -2.04. The van der Waals surface area contributed by atoms with Crippen molar-refractivity contribution in [2.45, 2.75) is 52.4 Å². The van der Waals surface area contributed by atoms with Crippen LogP contribution < -0.4 is 5.63 Å². The summed E-state index contributed by atoms with van der Waals surface area (Å²) in [5.74, 6) is -0.254. The number of aryl methyl sites for hydroxylation is 1. The molecule has 1 heterocycles. The fourth-order valence-corrected chi connectivity index (χ4v) is 2.51. The number of unbranched alkanes of at least 4 members (excludes halogenated alkanes) is 4. The fraction of sp³-hybridized carbons (Fsp3) is 0.444. The summed E-state index contributed by atoms with van der Waals surface area (Å²) in [5, 5.41) is 0.825. The maximum atomic E-state index is 11.6. The summed E-state index contributed by atoms with van der Waals surface area (Å²) in [6.07, 6.45) is 7.27. The first-order chi connectivity index (χ1) is 10.1. The maximum absolute atomic E-state index is 11.6. The summed E-state index contributed by atoms with van der Waals surface area (Å²) in [5.41, 5.74) is 1.34. The zero-order valence-corrected chi connectivity index (χ0v) is 12.8. The summed E-state index contributed by atoms with van der Waals surface area (Å²) < 4.78 is 5.19. The number of hydrogen-bond acceptors (Lipinski definition) is 3. The quantitative estimate of drug-likeness (QED) is 0.427. The third-order valence-corrected chi connectivity index (χ3v) is 3.74. The number of carbonyl (C=O) groups is 1. The molecule has 3 nitrogen and oxygen atoms in total. The van der Waals surface area contributed by atoms with Gasteiger partial charge in [0.2, 0.25) is 0 Å².